The maximum atomic E-state index is 13.7. The molecule has 0 bridgehead atoms. The normalized spacial score (nSPS) is 12.3. The fourth-order valence-corrected chi connectivity index (χ4v) is 3.65. The first-order valence-corrected chi connectivity index (χ1v) is 9.81. The number of nitrogens with two attached hydrogens (primary N) is 1. The summed E-state index contributed by atoms with van der Waals surface area (Å²) in [5.41, 5.74) is 4.73. The Balaban J connectivity index is 1.98. The van der Waals surface area contributed by atoms with Crippen molar-refractivity contribution in [3.8, 4) is 11.8 Å². The maximum Gasteiger partial charge on any atom is 0.417 e. The number of nitrogens with one attached hydrogen (secondary N) is 1. The quantitative estimate of drug-likeness (QED) is 0.476. The van der Waals surface area contributed by atoms with Crippen molar-refractivity contribution in [2.75, 3.05) is 11.1 Å². The van der Waals surface area contributed by atoms with E-state index in [1.807, 2.05) is 6.07 Å². The van der Waals surface area contributed by atoms with E-state index in [-0.39, 0.29) is 22.7 Å². The fourth-order valence-electron chi connectivity index (χ4n) is 3.65. The number of nitrogen functional groups attached to an aromatic ring is 1. The van der Waals surface area contributed by atoms with Crippen LogP contribution in [-0.4, -0.2) is 14.5 Å². The third kappa shape index (κ3) is 4.08. The van der Waals surface area contributed by atoms with Gasteiger partial charge in [0.1, 0.15) is 17.5 Å². The van der Waals surface area contributed by atoms with Gasteiger partial charge in [-0.15, -0.1) is 0 Å². The number of benzene rings is 2. The second-order valence-corrected chi connectivity index (χ2v) is 7.28. The molecule has 33 heavy (non-hydrogen) atoms. The van der Waals surface area contributed by atoms with Crippen LogP contribution in [0.3, 0.4) is 0 Å². The van der Waals surface area contributed by atoms with Crippen LogP contribution in [0.2, 0.25) is 0 Å². The zero-order valence-corrected chi connectivity index (χ0v) is 17.3. The maximum absolute atomic E-state index is 13.7. The molecule has 0 saturated carbocycles. The molecule has 0 aliphatic rings. The molecular weight excluding hydrogens is 433 g/mol. The number of rotatable bonds is 4. The Morgan fingerprint density at radius 1 is 1.15 bits per heavy atom. The van der Waals surface area contributed by atoms with Crippen molar-refractivity contribution >= 4 is 22.5 Å². The molecule has 0 radical (unpaired) electrons. The monoisotopic (exact) mass is 450 g/mol. The van der Waals surface area contributed by atoms with Gasteiger partial charge in [0, 0.05) is 11.4 Å². The molecule has 166 valence electrons. The van der Waals surface area contributed by atoms with Crippen molar-refractivity contribution in [3.63, 3.8) is 0 Å². The van der Waals surface area contributed by atoms with Gasteiger partial charge >= 0.3 is 6.18 Å². The summed E-state index contributed by atoms with van der Waals surface area (Å²) in [5.74, 6) is 0.0891. The third-order valence-corrected chi connectivity index (χ3v) is 5.12. The zero-order valence-electron chi connectivity index (χ0n) is 17.3. The van der Waals surface area contributed by atoms with Crippen LogP contribution in [0, 0.1) is 11.3 Å². The van der Waals surface area contributed by atoms with Gasteiger partial charge in [0.15, 0.2) is 0 Å². The van der Waals surface area contributed by atoms with Crippen LogP contribution in [0.25, 0.3) is 16.5 Å². The number of fused-ring (bicyclic) bond motifs is 1. The van der Waals surface area contributed by atoms with Gasteiger partial charge in [-0.05, 0) is 36.6 Å². The number of alkyl halides is 3. The van der Waals surface area contributed by atoms with Crippen LogP contribution in [-0.2, 0) is 6.18 Å². The average Bonchev–Trinajstić information content (AvgIpc) is 2.78. The highest BCUT2D eigenvalue weighted by Gasteiger charge is 2.34. The standard InChI is InChI=1S/C23H17F3N6O/c1-13(30-20-15(11-27)12-29-22(28)31-20)18-10-14-6-5-9-17(23(24,25)26)19(14)21(33)32(18)16-7-3-2-4-8-16/h2-10,12-13H,1H3,(H3,28,29,30,31). The molecular formula is C23H17F3N6O. The number of anilines is 2. The fraction of sp³-hybridized carbons (Fsp3) is 0.130. The third-order valence-electron chi connectivity index (χ3n) is 5.12. The van der Waals surface area contributed by atoms with Gasteiger partial charge in [-0.2, -0.15) is 23.4 Å². The van der Waals surface area contributed by atoms with Gasteiger partial charge < -0.3 is 11.1 Å². The lowest BCUT2D eigenvalue weighted by atomic mass is 10.0. The van der Waals surface area contributed by atoms with E-state index in [2.05, 4.69) is 15.3 Å². The molecule has 2 heterocycles. The van der Waals surface area contributed by atoms with Crippen LogP contribution in [0.1, 0.15) is 29.8 Å². The second kappa shape index (κ2) is 8.27. The van der Waals surface area contributed by atoms with Crippen LogP contribution in [0.15, 0.2) is 65.6 Å². The summed E-state index contributed by atoms with van der Waals surface area (Å²) in [4.78, 5) is 21.3. The predicted molar refractivity (Wildman–Crippen MR) is 118 cm³/mol. The zero-order chi connectivity index (χ0) is 23.8. The van der Waals surface area contributed by atoms with Crippen molar-refractivity contribution in [2.45, 2.75) is 19.1 Å². The number of pyridine rings is 1. The van der Waals surface area contributed by atoms with E-state index in [1.54, 1.807) is 37.3 Å². The number of hydrogen-bond acceptors (Lipinski definition) is 6. The molecule has 0 amide bonds. The SMILES string of the molecule is CC(Nc1nc(N)ncc1C#N)c1cc2cccc(C(F)(F)F)c2c(=O)n1-c1ccccc1. The van der Waals surface area contributed by atoms with Crippen molar-refractivity contribution in [1.82, 2.24) is 14.5 Å². The first kappa shape index (κ1) is 21.8. The smallest absolute Gasteiger partial charge is 0.368 e. The Bertz CT molecular complexity index is 1440. The molecule has 4 aromatic rings. The van der Waals surface area contributed by atoms with Crippen molar-refractivity contribution < 1.29 is 13.2 Å². The number of nitrogens with zero attached hydrogens (tertiary/aromatic N) is 4. The Hall–Kier alpha value is -4.39. The van der Waals surface area contributed by atoms with E-state index in [0.29, 0.717) is 11.4 Å². The average molecular weight is 450 g/mol. The number of halogens is 3. The van der Waals surface area contributed by atoms with Crippen molar-refractivity contribution in [1.29, 1.82) is 5.26 Å². The highest BCUT2D eigenvalue weighted by molar-refractivity contribution is 5.86. The lowest BCUT2D eigenvalue weighted by molar-refractivity contribution is -0.136. The molecule has 0 aliphatic carbocycles. The van der Waals surface area contributed by atoms with Gasteiger partial charge in [-0.1, -0.05) is 30.3 Å². The molecule has 3 N–H and O–H groups in total. The summed E-state index contributed by atoms with van der Waals surface area (Å²) in [6.07, 6.45) is -3.43. The minimum atomic E-state index is -4.70. The number of nitriles is 1. The molecule has 1 atom stereocenters. The van der Waals surface area contributed by atoms with Gasteiger partial charge in [0.05, 0.1) is 23.2 Å². The van der Waals surface area contributed by atoms with E-state index in [4.69, 9.17) is 5.73 Å². The van der Waals surface area contributed by atoms with Crippen molar-refractivity contribution in [3.05, 3.63) is 88.0 Å². The lowest BCUT2D eigenvalue weighted by Crippen LogP contribution is -2.27. The van der Waals surface area contributed by atoms with Gasteiger partial charge in [-0.3, -0.25) is 9.36 Å². The second-order valence-electron chi connectivity index (χ2n) is 7.28. The van der Waals surface area contributed by atoms with Gasteiger partial charge in [0.2, 0.25) is 5.95 Å². The molecule has 1 unspecified atom stereocenters. The van der Waals surface area contributed by atoms with Crippen molar-refractivity contribution in [2.24, 2.45) is 0 Å². The summed E-state index contributed by atoms with van der Waals surface area (Å²) < 4.78 is 42.3. The molecule has 0 saturated heterocycles. The Kier molecular flexibility index (Phi) is 5.47. The number of aromatic nitrogens is 3. The van der Waals surface area contributed by atoms with E-state index in [9.17, 15) is 23.2 Å². The molecule has 0 fully saturated rings. The lowest BCUT2D eigenvalue weighted by Gasteiger charge is -2.22. The van der Waals surface area contributed by atoms with Crippen LogP contribution in [0.4, 0.5) is 24.9 Å². The predicted octanol–water partition coefficient (Wildman–Crippen LogP) is 4.43. The van der Waals surface area contributed by atoms with E-state index >= 15 is 0 Å². The summed E-state index contributed by atoms with van der Waals surface area (Å²) >= 11 is 0. The van der Waals surface area contributed by atoms with E-state index < -0.39 is 28.7 Å². The Morgan fingerprint density at radius 2 is 1.88 bits per heavy atom. The summed E-state index contributed by atoms with van der Waals surface area (Å²) in [5, 5.41) is 12.1. The van der Waals surface area contributed by atoms with E-state index in [1.165, 1.54) is 29.0 Å². The molecule has 2 aromatic heterocycles. The van der Waals surface area contributed by atoms with Crippen LogP contribution < -0.4 is 16.6 Å². The molecule has 10 heteroatoms. The molecule has 0 spiro atoms. The number of hydrogen-bond donors (Lipinski definition) is 2. The summed E-state index contributed by atoms with van der Waals surface area (Å²) in [6.45, 7) is 1.70. The molecule has 0 aliphatic heterocycles. The Labute approximate surface area is 185 Å². The number of para-hydroxylation sites is 1. The topological polar surface area (TPSA) is 110 Å². The molecule has 4 rings (SSSR count). The van der Waals surface area contributed by atoms with E-state index in [0.717, 1.165) is 6.07 Å². The minimum absolute atomic E-state index is 0.0579. The van der Waals surface area contributed by atoms with Crippen LogP contribution in [0.5, 0.6) is 0 Å². The van der Waals surface area contributed by atoms with Crippen LogP contribution >= 0.6 is 0 Å². The first-order valence-electron chi connectivity index (χ1n) is 9.81. The first-order chi connectivity index (χ1) is 15.7. The van der Waals surface area contributed by atoms with Gasteiger partial charge in [0.25, 0.3) is 5.56 Å². The highest BCUT2D eigenvalue weighted by Crippen LogP contribution is 2.34. The Morgan fingerprint density at radius 3 is 2.55 bits per heavy atom. The minimum Gasteiger partial charge on any atom is -0.368 e. The largest absolute Gasteiger partial charge is 0.417 e. The van der Waals surface area contributed by atoms with Gasteiger partial charge in [-0.25, -0.2) is 4.98 Å². The summed E-state index contributed by atoms with van der Waals surface area (Å²) in [7, 11) is 0. The highest BCUT2D eigenvalue weighted by atomic mass is 19.4. The molecule has 7 nitrogen and oxygen atoms in total. The summed E-state index contributed by atoms with van der Waals surface area (Å²) in [6, 6.07) is 14.8. The molecule has 2 aromatic carbocycles.